The Labute approximate surface area is 337 Å². The second kappa shape index (κ2) is 17.0. The average Bonchev–Trinajstić information content (AvgIpc) is 3.80. The van der Waals surface area contributed by atoms with E-state index in [-0.39, 0.29) is 25.4 Å². The van der Waals surface area contributed by atoms with Crippen molar-refractivity contribution in [3.8, 4) is 10.4 Å². The summed E-state index contributed by atoms with van der Waals surface area (Å²) in [6.45, 7) is 11.3. The molecule has 1 aromatic heterocycles. The highest BCUT2D eigenvalue weighted by atomic mass is 32.2. The maximum atomic E-state index is 15.0. The monoisotopic (exact) mass is 790 g/mol. The van der Waals surface area contributed by atoms with E-state index in [9.17, 15) is 14.7 Å². The van der Waals surface area contributed by atoms with Crippen molar-refractivity contribution in [3.63, 3.8) is 0 Å². The van der Waals surface area contributed by atoms with Gasteiger partial charge in [0.1, 0.15) is 17.7 Å². The number of likely N-dealkylation sites (tertiary alicyclic amines) is 1. The van der Waals surface area contributed by atoms with Gasteiger partial charge in [0.25, 0.3) is 0 Å². The molecule has 0 radical (unpaired) electrons. The van der Waals surface area contributed by atoms with Crippen molar-refractivity contribution in [2.75, 3.05) is 6.54 Å². The van der Waals surface area contributed by atoms with Crippen LogP contribution in [-0.2, 0) is 25.6 Å². The summed E-state index contributed by atoms with van der Waals surface area (Å²) in [4.78, 5) is 49.4. The number of thiazole rings is 1. The number of aromatic nitrogens is 1. The molecule has 3 atom stereocenters. The van der Waals surface area contributed by atoms with Gasteiger partial charge in [-0.15, -0.1) is 23.1 Å². The van der Waals surface area contributed by atoms with Crippen molar-refractivity contribution in [2.24, 2.45) is 0 Å². The van der Waals surface area contributed by atoms with Crippen LogP contribution in [0.25, 0.3) is 10.4 Å². The molecular formula is C45H50N4O5S2. The molecule has 292 valence electrons. The van der Waals surface area contributed by atoms with Crippen molar-refractivity contribution in [2.45, 2.75) is 87.8 Å². The number of alkyl carbamates (subject to hydrolysis) is 1. The van der Waals surface area contributed by atoms with E-state index in [1.807, 2.05) is 105 Å². The zero-order valence-electron chi connectivity index (χ0n) is 32.7. The van der Waals surface area contributed by atoms with Gasteiger partial charge in [0, 0.05) is 24.3 Å². The predicted octanol–water partition coefficient (Wildman–Crippen LogP) is 8.09. The fourth-order valence-corrected chi connectivity index (χ4v) is 9.88. The van der Waals surface area contributed by atoms with Crippen LogP contribution in [0.5, 0.6) is 0 Å². The van der Waals surface area contributed by atoms with E-state index in [2.05, 4.69) is 52.0 Å². The lowest BCUT2D eigenvalue weighted by atomic mass is 9.84. The van der Waals surface area contributed by atoms with Gasteiger partial charge < -0.3 is 25.4 Å². The first-order chi connectivity index (χ1) is 26.7. The van der Waals surface area contributed by atoms with E-state index < -0.39 is 45.3 Å². The molecule has 2 heterocycles. The van der Waals surface area contributed by atoms with Crippen molar-refractivity contribution in [1.29, 1.82) is 0 Å². The van der Waals surface area contributed by atoms with Crippen LogP contribution in [0.2, 0.25) is 0 Å². The van der Waals surface area contributed by atoms with Gasteiger partial charge in [0.05, 0.1) is 26.9 Å². The van der Waals surface area contributed by atoms with Crippen molar-refractivity contribution in [3.05, 3.63) is 149 Å². The van der Waals surface area contributed by atoms with E-state index >= 15 is 4.79 Å². The number of ether oxygens (including phenoxy) is 1. The van der Waals surface area contributed by atoms with Crippen molar-refractivity contribution >= 4 is 41.0 Å². The first kappa shape index (κ1) is 40.7. The minimum Gasteiger partial charge on any atom is -0.444 e. The second-order valence-electron chi connectivity index (χ2n) is 15.6. The molecule has 5 aromatic rings. The number of thioether (sulfide) groups is 1. The zero-order valence-corrected chi connectivity index (χ0v) is 34.3. The normalized spacial score (nSPS) is 16.6. The summed E-state index contributed by atoms with van der Waals surface area (Å²) in [6, 6.07) is 36.1. The Morgan fingerprint density at radius 1 is 0.857 bits per heavy atom. The number of rotatable bonds is 12. The Balaban J connectivity index is 1.33. The van der Waals surface area contributed by atoms with Crippen LogP contribution in [0, 0.1) is 6.92 Å². The smallest absolute Gasteiger partial charge is 0.408 e. The number of amides is 3. The molecule has 0 unspecified atom stereocenters. The fraction of sp³-hybridized carbons (Fsp3) is 0.333. The number of aliphatic hydroxyl groups excluding tert-OH is 1. The Morgan fingerprint density at radius 3 is 1.88 bits per heavy atom. The summed E-state index contributed by atoms with van der Waals surface area (Å²) in [5.74, 6) is -0.872. The molecule has 0 bridgehead atoms. The van der Waals surface area contributed by atoms with Crippen molar-refractivity contribution in [1.82, 2.24) is 20.5 Å². The number of nitrogens with one attached hydrogen (secondary N) is 2. The number of hydrogen-bond donors (Lipinski definition) is 3. The molecule has 56 heavy (non-hydrogen) atoms. The van der Waals surface area contributed by atoms with Gasteiger partial charge in [-0.25, -0.2) is 9.78 Å². The Hall–Kier alpha value is -4.97. The first-order valence-electron chi connectivity index (χ1n) is 18.8. The minimum atomic E-state index is -1.18. The molecule has 1 saturated heterocycles. The van der Waals surface area contributed by atoms with Gasteiger partial charge in [-0.3, -0.25) is 9.59 Å². The summed E-state index contributed by atoms with van der Waals surface area (Å²) in [5.41, 5.74) is 6.86. The highest BCUT2D eigenvalue weighted by molar-refractivity contribution is 8.02. The number of aryl methyl sites for hydroxylation is 1. The van der Waals surface area contributed by atoms with Crippen LogP contribution >= 0.6 is 23.1 Å². The van der Waals surface area contributed by atoms with E-state index in [1.165, 1.54) is 4.90 Å². The summed E-state index contributed by atoms with van der Waals surface area (Å²) in [7, 11) is 0. The maximum absolute atomic E-state index is 15.0. The average molecular weight is 791 g/mol. The molecule has 0 saturated carbocycles. The van der Waals surface area contributed by atoms with E-state index in [0.29, 0.717) is 0 Å². The van der Waals surface area contributed by atoms with Crippen LogP contribution in [0.15, 0.2) is 121 Å². The fourth-order valence-electron chi connectivity index (χ4n) is 7.24. The standard InChI is InChI=1S/C45H50N4O5S2/c1-30-38(55-29-47-30)32-24-22-31(23-25-32)27-46-40(51)37-26-36(50)28-49(37)41(52)39(48-42(53)54-43(2,3)4)44(5,6)56-45(33-16-10-7-11-17-33,34-18-12-8-13-19-34)35-20-14-9-15-21-35/h7-25,29,36-37,39,50H,26-28H2,1-6H3,(H,46,51)(H,48,53)/t36-,37+,39-/m1/s1. The Morgan fingerprint density at radius 2 is 1.39 bits per heavy atom. The van der Waals surface area contributed by atoms with E-state index in [0.717, 1.165) is 38.4 Å². The molecule has 0 spiro atoms. The Kier molecular flexibility index (Phi) is 12.4. The van der Waals surface area contributed by atoms with Gasteiger partial charge in [0.15, 0.2) is 0 Å². The van der Waals surface area contributed by atoms with Crippen LogP contribution in [0.4, 0.5) is 4.79 Å². The lowest BCUT2D eigenvalue weighted by Gasteiger charge is -2.45. The third kappa shape index (κ3) is 9.18. The van der Waals surface area contributed by atoms with Crippen LogP contribution in [-0.4, -0.2) is 68.0 Å². The number of nitrogens with zero attached hydrogens (tertiary/aromatic N) is 2. The minimum absolute atomic E-state index is 0.0612. The van der Waals surface area contributed by atoms with E-state index in [4.69, 9.17) is 4.74 Å². The Bertz CT molecular complexity index is 2000. The second-order valence-corrected chi connectivity index (χ2v) is 18.4. The highest BCUT2D eigenvalue weighted by Gasteiger charge is 2.51. The molecule has 11 heteroatoms. The number of benzene rings is 4. The molecule has 1 fully saturated rings. The van der Waals surface area contributed by atoms with Gasteiger partial charge in [0.2, 0.25) is 11.8 Å². The lowest BCUT2D eigenvalue weighted by Crippen LogP contribution is -2.61. The van der Waals surface area contributed by atoms with E-state index in [1.54, 1.807) is 43.9 Å². The van der Waals surface area contributed by atoms with Gasteiger partial charge in [-0.1, -0.05) is 115 Å². The van der Waals surface area contributed by atoms with Gasteiger partial charge in [-0.05, 0) is 69.4 Å². The number of carbonyl (C=O) groups is 3. The zero-order chi connectivity index (χ0) is 40.1. The molecule has 9 nitrogen and oxygen atoms in total. The number of hydrogen-bond acceptors (Lipinski definition) is 8. The number of aliphatic hydroxyl groups is 1. The third-order valence-corrected chi connectivity index (χ3v) is 12.6. The van der Waals surface area contributed by atoms with Gasteiger partial charge in [-0.2, -0.15) is 0 Å². The largest absolute Gasteiger partial charge is 0.444 e. The van der Waals surface area contributed by atoms with Crippen LogP contribution in [0.1, 0.15) is 69.0 Å². The van der Waals surface area contributed by atoms with Crippen LogP contribution < -0.4 is 10.6 Å². The number of carbonyl (C=O) groups excluding carboxylic acids is 3. The first-order valence-corrected chi connectivity index (χ1v) is 20.5. The highest BCUT2D eigenvalue weighted by Crippen LogP contribution is 2.54. The summed E-state index contributed by atoms with van der Waals surface area (Å²) in [6.07, 6.45) is -1.62. The summed E-state index contributed by atoms with van der Waals surface area (Å²) >= 11 is 3.12. The molecule has 3 N–H and O–H groups in total. The third-order valence-electron chi connectivity index (χ3n) is 9.85. The molecule has 0 aliphatic carbocycles. The summed E-state index contributed by atoms with van der Waals surface area (Å²) < 4.78 is 3.84. The molecular weight excluding hydrogens is 741 g/mol. The quantitative estimate of drug-likeness (QED) is 0.109. The molecule has 1 aliphatic heterocycles. The number of β-amino-alcohol motifs (C(OH)–C–C–N with tert-alkyl or cyclic N) is 1. The predicted molar refractivity (Wildman–Crippen MR) is 224 cm³/mol. The maximum Gasteiger partial charge on any atom is 0.408 e. The SMILES string of the molecule is Cc1ncsc1-c1ccc(CNC(=O)[C@@H]2C[C@@H](O)CN2C(=O)[C@@H](NC(=O)OC(C)(C)C)C(C)(C)SC(c2ccccc2)(c2ccccc2)c2ccccc2)cc1. The van der Waals surface area contributed by atoms with Crippen LogP contribution in [0.3, 0.4) is 0 Å². The topological polar surface area (TPSA) is 121 Å². The van der Waals surface area contributed by atoms with Crippen molar-refractivity contribution < 1.29 is 24.2 Å². The molecule has 1 aliphatic rings. The lowest BCUT2D eigenvalue weighted by molar-refractivity contribution is -0.140. The summed E-state index contributed by atoms with van der Waals surface area (Å²) in [5, 5.41) is 16.9. The van der Waals surface area contributed by atoms with Gasteiger partial charge >= 0.3 is 6.09 Å². The molecule has 6 rings (SSSR count). The molecule has 4 aromatic carbocycles. The molecule has 3 amide bonds.